The van der Waals surface area contributed by atoms with E-state index in [1.54, 1.807) is 0 Å². The van der Waals surface area contributed by atoms with Gasteiger partial charge in [0.15, 0.2) is 5.96 Å². The molecular formula is C18H29N5O2. The molecule has 7 nitrogen and oxygen atoms in total. The summed E-state index contributed by atoms with van der Waals surface area (Å²) in [4.78, 5) is 7.13. The molecule has 3 heterocycles. The van der Waals surface area contributed by atoms with Crippen molar-refractivity contribution in [3.63, 3.8) is 0 Å². The molecule has 1 atom stereocenters. The van der Waals surface area contributed by atoms with Gasteiger partial charge in [-0.1, -0.05) is 11.6 Å². The van der Waals surface area contributed by atoms with Crippen molar-refractivity contribution in [2.24, 2.45) is 12.0 Å². The van der Waals surface area contributed by atoms with Crippen molar-refractivity contribution in [3.05, 3.63) is 29.6 Å². The number of hydrogen-bond acceptors (Lipinski definition) is 4. The largest absolute Gasteiger partial charge is 0.377 e. The maximum atomic E-state index is 5.93. The molecule has 138 valence electrons. The van der Waals surface area contributed by atoms with Gasteiger partial charge in [0.05, 0.1) is 32.6 Å². The second-order valence-electron chi connectivity index (χ2n) is 6.43. The highest BCUT2D eigenvalue weighted by atomic mass is 16.5. The van der Waals surface area contributed by atoms with Crippen LogP contribution in [0.4, 0.5) is 0 Å². The van der Waals surface area contributed by atoms with Crippen LogP contribution in [0.15, 0.2) is 29.0 Å². The quantitative estimate of drug-likeness (QED) is 0.497. The Morgan fingerprint density at radius 2 is 2.36 bits per heavy atom. The predicted octanol–water partition coefficient (Wildman–Crippen LogP) is 1.50. The Labute approximate surface area is 149 Å². The molecule has 0 radical (unpaired) electrons. The van der Waals surface area contributed by atoms with Crippen molar-refractivity contribution in [1.29, 1.82) is 0 Å². The van der Waals surface area contributed by atoms with Crippen molar-refractivity contribution in [2.45, 2.75) is 25.9 Å². The van der Waals surface area contributed by atoms with Crippen molar-refractivity contribution in [2.75, 3.05) is 46.0 Å². The Balaban J connectivity index is 1.60. The van der Waals surface area contributed by atoms with Crippen LogP contribution in [-0.4, -0.2) is 66.6 Å². The summed E-state index contributed by atoms with van der Waals surface area (Å²) in [5, 5.41) is 7.68. The molecule has 1 N–H and O–H groups in total. The number of rotatable bonds is 5. The van der Waals surface area contributed by atoms with E-state index in [0.717, 1.165) is 63.8 Å². The zero-order valence-electron chi connectivity index (χ0n) is 15.3. The summed E-state index contributed by atoms with van der Waals surface area (Å²) in [6.07, 6.45) is 8.19. The predicted molar refractivity (Wildman–Crippen MR) is 97.6 cm³/mol. The summed E-state index contributed by atoms with van der Waals surface area (Å²) >= 11 is 0. The molecule has 2 aliphatic rings. The lowest BCUT2D eigenvalue weighted by Crippen LogP contribution is -2.48. The molecule has 7 heteroatoms. The smallest absolute Gasteiger partial charge is 0.194 e. The van der Waals surface area contributed by atoms with Crippen molar-refractivity contribution >= 4 is 5.96 Å². The fourth-order valence-corrected chi connectivity index (χ4v) is 3.17. The maximum absolute atomic E-state index is 5.93. The van der Waals surface area contributed by atoms with Crippen LogP contribution in [0.1, 0.15) is 31.4 Å². The minimum Gasteiger partial charge on any atom is -0.377 e. The highest BCUT2D eigenvalue weighted by Gasteiger charge is 2.25. The molecule has 1 unspecified atom stereocenters. The van der Waals surface area contributed by atoms with Crippen molar-refractivity contribution in [1.82, 2.24) is 20.0 Å². The first-order valence-corrected chi connectivity index (χ1v) is 9.15. The molecule has 0 saturated carbocycles. The molecule has 1 saturated heterocycles. The van der Waals surface area contributed by atoms with Gasteiger partial charge < -0.3 is 19.7 Å². The second kappa shape index (κ2) is 9.01. The fourth-order valence-electron chi connectivity index (χ4n) is 3.17. The van der Waals surface area contributed by atoms with E-state index in [9.17, 15) is 0 Å². The number of ether oxygens (including phenoxy) is 2. The first-order chi connectivity index (χ1) is 12.3. The first kappa shape index (κ1) is 17.9. The summed E-state index contributed by atoms with van der Waals surface area (Å²) in [7, 11) is 1.93. The third kappa shape index (κ3) is 5.06. The summed E-state index contributed by atoms with van der Waals surface area (Å²) in [5.41, 5.74) is 2.58. The number of aryl methyl sites for hydroxylation is 1. The van der Waals surface area contributed by atoms with E-state index in [1.807, 2.05) is 24.1 Å². The normalized spacial score (nSPS) is 22.0. The third-order valence-electron chi connectivity index (χ3n) is 4.55. The second-order valence-corrected chi connectivity index (χ2v) is 6.43. The molecule has 1 aromatic rings. The van der Waals surface area contributed by atoms with Gasteiger partial charge in [-0.3, -0.25) is 9.67 Å². The van der Waals surface area contributed by atoms with E-state index < -0.39 is 0 Å². The summed E-state index contributed by atoms with van der Waals surface area (Å²) < 4.78 is 13.1. The molecule has 1 fully saturated rings. The number of aromatic nitrogens is 2. The van der Waals surface area contributed by atoms with Gasteiger partial charge in [-0.2, -0.15) is 5.10 Å². The maximum Gasteiger partial charge on any atom is 0.194 e. The van der Waals surface area contributed by atoms with Gasteiger partial charge >= 0.3 is 0 Å². The van der Waals surface area contributed by atoms with Gasteiger partial charge in [-0.05, 0) is 19.8 Å². The van der Waals surface area contributed by atoms with Crippen molar-refractivity contribution in [3.8, 4) is 0 Å². The van der Waals surface area contributed by atoms with Gasteiger partial charge in [0.2, 0.25) is 0 Å². The monoisotopic (exact) mass is 347 g/mol. The number of aliphatic imine (C=N–C) groups is 1. The van der Waals surface area contributed by atoms with E-state index in [1.165, 1.54) is 5.57 Å². The average molecular weight is 347 g/mol. The van der Waals surface area contributed by atoms with Crippen molar-refractivity contribution < 1.29 is 9.47 Å². The lowest BCUT2D eigenvalue weighted by Gasteiger charge is -2.34. The zero-order chi connectivity index (χ0) is 17.5. The van der Waals surface area contributed by atoms with Crippen LogP contribution in [0.25, 0.3) is 0 Å². The van der Waals surface area contributed by atoms with E-state index >= 15 is 0 Å². The molecule has 0 bridgehead atoms. The number of nitrogens with one attached hydrogen (secondary N) is 1. The molecule has 0 aliphatic carbocycles. The van der Waals surface area contributed by atoms with Crippen LogP contribution in [0.3, 0.4) is 0 Å². The number of guanidine groups is 1. The summed E-state index contributed by atoms with van der Waals surface area (Å²) in [6, 6.07) is 0. The molecule has 0 amide bonds. The zero-order valence-corrected chi connectivity index (χ0v) is 15.3. The Kier molecular flexibility index (Phi) is 6.47. The lowest BCUT2D eigenvalue weighted by molar-refractivity contribution is -0.00803. The number of morpholine rings is 1. The molecule has 1 aromatic heterocycles. The van der Waals surface area contributed by atoms with Crippen LogP contribution in [0.5, 0.6) is 0 Å². The molecule has 3 rings (SSSR count). The van der Waals surface area contributed by atoms with E-state index in [0.29, 0.717) is 6.61 Å². The van der Waals surface area contributed by atoms with Gasteiger partial charge in [0.1, 0.15) is 6.10 Å². The first-order valence-electron chi connectivity index (χ1n) is 9.15. The number of hydrogen-bond donors (Lipinski definition) is 1. The fraction of sp³-hybridized carbons (Fsp3) is 0.667. The van der Waals surface area contributed by atoms with Crippen LogP contribution in [-0.2, 0) is 16.5 Å². The van der Waals surface area contributed by atoms with Gasteiger partial charge in [-0.15, -0.1) is 0 Å². The highest BCUT2D eigenvalue weighted by Crippen LogP contribution is 2.21. The lowest BCUT2D eigenvalue weighted by atomic mass is 10.1. The van der Waals surface area contributed by atoms with Crippen LogP contribution in [0.2, 0.25) is 0 Å². The minimum absolute atomic E-state index is 0.0458. The Bertz CT molecular complexity index is 610. The third-order valence-corrected chi connectivity index (χ3v) is 4.55. The Morgan fingerprint density at radius 3 is 3.08 bits per heavy atom. The molecule has 0 aromatic carbocycles. The number of nitrogens with zero attached hydrogens (tertiary/aromatic N) is 4. The Hall–Kier alpha value is -1.86. The molecular weight excluding hydrogens is 318 g/mol. The minimum atomic E-state index is 0.0458. The highest BCUT2D eigenvalue weighted by molar-refractivity contribution is 5.80. The van der Waals surface area contributed by atoms with Crippen LogP contribution in [0, 0.1) is 0 Å². The summed E-state index contributed by atoms with van der Waals surface area (Å²) in [6.45, 7) is 7.73. The van der Waals surface area contributed by atoms with E-state index in [4.69, 9.17) is 14.5 Å². The topological polar surface area (TPSA) is 63.9 Å². The molecule has 2 aliphatic heterocycles. The molecule has 0 spiro atoms. The van der Waals surface area contributed by atoms with E-state index in [-0.39, 0.29) is 6.10 Å². The average Bonchev–Trinajstić information content (AvgIpc) is 3.08. The standard InChI is InChI=1S/C18H29N5O2/c1-3-19-18(20-7-4-15-5-9-24-10-6-15)23-8-11-25-17(14-23)16-12-21-22(2)13-16/h5,12-13,17H,3-4,6-11,14H2,1-2H3,(H,19,20). The van der Waals surface area contributed by atoms with Gasteiger partial charge in [0.25, 0.3) is 0 Å². The van der Waals surface area contributed by atoms with Gasteiger partial charge in [0, 0.05) is 38.4 Å². The molecule has 25 heavy (non-hydrogen) atoms. The Morgan fingerprint density at radius 1 is 1.44 bits per heavy atom. The van der Waals surface area contributed by atoms with Gasteiger partial charge in [-0.25, -0.2) is 0 Å². The summed E-state index contributed by atoms with van der Waals surface area (Å²) in [5.74, 6) is 0.979. The van der Waals surface area contributed by atoms with E-state index in [2.05, 4.69) is 28.3 Å². The SMILES string of the molecule is CCNC(=NCCC1=CCOCC1)N1CCOC(c2cnn(C)c2)C1. The van der Waals surface area contributed by atoms with Crippen LogP contribution >= 0.6 is 0 Å². The van der Waals surface area contributed by atoms with Crippen LogP contribution < -0.4 is 5.32 Å².